The summed E-state index contributed by atoms with van der Waals surface area (Å²) in [5.74, 6) is -0.776. The molecule has 2 N–H and O–H groups in total. The van der Waals surface area contributed by atoms with Gasteiger partial charge in [0.15, 0.2) is 0 Å². The Hall–Kier alpha value is -0.700. The van der Waals surface area contributed by atoms with Crippen LogP contribution in [0.25, 0.3) is 0 Å². The molecular weight excluding hydrogens is 294 g/mol. The fourth-order valence-electron chi connectivity index (χ4n) is 3.50. The van der Waals surface area contributed by atoms with Gasteiger partial charge in [-0.25, -0.2) is 8.42 Å². The van der Waals surface area contributed by atoms with Gasteiger partial charge >= 0.3 is 5.97 Å². The number of sulfonamides is 1. The van der Waals surface area contributed by atoms with Crippen molar-refractivity contribution in [1.29, 1.82) is 0 Å². The third kappa shape index (κ3) is 3.56. The number of carboxylic acid groups (broad SMARTS) is 1. The molecule has 1 aliphatic carbocycles. The van der Waals surface area contributed by atoms with E-state index < -0.39 is 21.5 Å². The summed E-state index contributed by atoms with van der Waals surface area (Å²) >= 11 is 0. The van der Waals surface area contributed by atoms with E-state index in [1.807, 2.05) is 6.92 Å². The number of carbonyl (C=O) groups is 1. The van der Waals surface area contributed by atoms with Gasteiger partial charge in [0.05, 0.1) is 6.26 Å². The zero-order valence-corrected chi connectivity index (χ0v) is 13.5. The second kappa shape index (κ2) is 6.20. The van der Waals surface area contributed by atoms with E-state index in [-0.39, 0.29) is 6.04 Å². The average Bonchev–Trinajstić information content (AvgIpc) is 2.84. The zero-order chi connectivity index (χ0) is 15.7. The largest absolute Gasteiger partial charge is 0.480 e. The van der Waals surface area contributed by atoms with Crippen LogP contribution in [0, 0.1) is 0 Å². The van der Waals surface area contributed by atoms with Crippen molar-refractivity contribution in [2.24, 2.45) is 0 Å². The second-order valence-electron chi connectivity index (χ2n) is 6.01. The summed E-state index contributed by atoms with van der Waals surface area (Å²) in [6, 6.07) is 0.224. The molecule has 2 rings (SSSR count). The Balaban J connectivity index is 1.95. The van der Waals surface area contributed by atoms with Crippen LogP contribution in [-0.2, 0) is 14.8 Å². The van der Waals surface area contributed by atoms with E-state index >= 15 is 0 Å². The Morgan fingerprint density at radius 3 is 2.43 bits per heavy atom. The standard InChI is InChI=1S/C13H25N3O4S/c1-3-14-13(12(17)18)5-4-11(10-13)15-6-8-16(9-7-15)21(2,19)20/h11,14H,3-10H2,1-2H3,(H,17,18). The minimum atomic E-state index is -3.12. The molecule has 2 atom stereocenters. The number of nitrogens with one attached hydrogen (secondary N) is 1. The Morgan fingerprint density at radius 2 is 1.95 bits per heavy atom. The van der Waals surface area contributed by atoms with Crippen molar-refractivity contribution in [3.05, 3.63) is 0 Å². The molecule has 7 nitrogen and oxygen atoms in total. The van der Waals surface area contributed by atoms with Gasteiger partial charge in [0.2, 0.25) is 10.0 Å². The Morgan fingerprint density at radius 1 is 1.33 bits per heavy atom. The summed E-state index contributed by atoms with van der Waals surface area (Å²) in [5.41, 5.74) is -0.812. The highest BCUT2D eigenvalue weighted by atomic mass is 32.2. The van der Waals surface area contributed by atoms with Gasteiger partial charge in [0, 0.05) is 32.2 Å². The molecule has 0 radical (unpaired) electrons. The summed E-state index contributed by atoms with van der Waals surface area (Å²) < 4.78 is 24.5. The highest BCUT2D eigenvalue weighted by Crippen LogP contribution is 2.34. The van der Waals surface area contributed by atoms with E-state index in [0.29, 0.717) is 45.6 Å². The van der Waals surface area contributed by atoms with Crippen LogP contribution in [0.15, 0.2) is 0 Å². The van der Waals surface area contributed by atoms with Crippen LogP contribution in [0.5, 0.6) is 0 Å². The van der Waals surface area contributed by atoms with Crippen LogP contribution in [0.2, 0.25) is 0 Å². The van der Waals surface area contributed by atoms with E-state index in [0.717, 1.165) is 6.42 Å². The van der Waals surface area contributed by atoms with Gasteiger partial charge in [-0.1, -0.05) is 6.92 Å². The number of aliphatic carboxylic acids is 1. The molecule has 122 valence electrons. The molecule has 1 heterocycles. The Bertz CT molecular complexity index is 488. The van der Waals surface area contributed by atoms with Gasteiger partial charge in [-0.15, -0.1) is 0 Å². The molecule has 0 amide bonds. The third-order valence-corrected chi connectivity index (χ3v) is 5.97. The number of rotatable bonds is 5. The van der Waals surface area contributed by atoms with Gasteiger partial charge in [-0.3, -0.25) is 9.69 Å². The molecule has 1 aliphatic heterocycles. The van der Waals surface area contributed by atoms with Crippen molar-refractivity contribution >= 4 is 16.0 Å². The smallest absolute Gasteiger partial charge is 0.323 e. The number of likely N-dealkylation sites (N-methyl/N-ethyl adjacent to an activating group) is 1. The van der Waals surface area contributed by atoms with Crippen LogP contribution >= 0.6 is 0 Å². The van der Waals surface area contributed by atoms with Crippen molar-refractivity contribution in [3.63, 3.8) is 0 Å². The van der Waals surface area contributed by atoms with E-state index in [2.05, 4.69) is 10.2 Å². The highest BCUT2D eigenvalue weighted by Gasteiger charge is 2.46. The quantitative estimate of drug-likeness (QED) is 0.713. The first-order valence-electron chi connectivity index (χ1n) is 7.46. The third-order valence-electron chi connectivity index (χ3n) is 4.67. The topological polar surface area (TPSA) is 89.9 Å². The Kier molecular flexibility index (Phi) is 4.92. The minimum Gasteiger partial charge on any atom is -0.480 e. The number of nitrogens with zero attached hydrogens (tertiary/aromatic N) is 2. The van der Waals surface area contributed by atoms with Gasteiger partial charge < -0.3 is 10.4 Å². The molecule has 0 aromatic heterocycles. The predicted octanol–water partition coefficient (Wildman–Crippen LogP) is -0.451. The molecule has 21 heavy (non-hydrogen) atoms. The van der Waals surface area contributed by atoms with Gasteiger partial charge in [0.1, 0.15) is 5.54 Å². The molecule has 0 spiro atoms. The maximum atomic E-state index is 11.6. The van der Waals surface area contributed by atoms with Crippen molar-refractivity contribution in [1.82, 2.24) is 14.5 Å². The summed E-state index contributed by atoms with van der Waals surface area (Å²) in [4.78, 5) is 13.8. The van der Waals surface area contributed by atoms with Crippen molar-refractivity contribution in [2.75, 3.05) is 39.0 Å². The zero-order valence-electron chi connectivity index (χ0n) is 12.7. The summed E-state index contributed by atoms with van der Waals surface area (Å²) in [7, 11) is -3.12. The van der Waals surface area contributed by atoms with E-state index in [1.165, 1.54) is 10.6 Å². The lowest BCUT2D eigenvalue weighted by atomic mass is 9.97. The maximum absolute atomic E-state index is 11.6. The Labute approximate surface area is 126 Å². The molecular formula is C13H25N3O4S. The van der Waals surface area contributed by atoms with Crippen LogP contribution < -0.4 is 5.32 Å². The predicted molar refractivity (Wildman–Crippen MR) is 79.7 cm³/mol. The molecule has 2 fully saturated rings. The van der Waals surface area contributed by atoms with Gasteiger partial charge in [0.25, 0.3) is 0 Å². The van der Waals surface area contributed by atoms with Gasteiger partial charge in [-0.2, -0.15) is 4.31 Å². The first kappa shape index (κ1) is 16.7. The number of piperazine rings is 1. The molecule has 0 aromatic rings. The molecule has 0 bridgehead atoms. The van der Waals surface area contributed by atoms with Crippen LogP contribution in [-0.4, -0.2) is 79.3 Å². The molecule has 2 aliphatic rings. The first-order chi connectivity index (χ1) is 9.78. The lowest BCUT2D eigenvalue weighted by Crippen LogP contribution is -2.54. The first-order valence-corrected chi connectivity index (χ1v) is 9.31. The van der Waals surface area contributed by atoms with Crippen molar-refractivity contribution < 1.29 is 18.3 Å². The monoisotopic (exact) mass is 319 g/mol. The second-order valence-corrected chi connectivity index (χ2v) is 7.99. The minimum absolute atomic E-state index is 0.224. The molecule has 2 unspecified atom stereocenters. The van der Waals surface area contributed by atoms with Crippen LogP contribution in [0.4, 0.5) is 0 Å². The van der Waals surface area contributed by atoms with Crippen LogP contribution in [0.3, 0.4) is 0 Å². The summed E-state index contributed by atoms with van der Waals surface area (Å²) in [6.07, 6.45) is 3.30. The molecule has 1 saturated heterocycles. The molecule has 0 aromatic carbocycles. The van der Waals surface area contributed by atoms with Crippen LogP contribution in [0.1, 0.15) is 26.2 Å². The van der Waals surface area contributed by atoms with Crippen molar-refractivity contribution in [3.8, 4) is 0 Å². The highest BCUT2D eigenvalue weighted by molar-refractivity contribution is 7.88. The summed E-state index contributed by atoms with van der Waals surface area (Å²) in [5, 5.41) is 12.6. The normalized spacial score (nSPS) is 32.4. The number of hydrogen-bond donors (Lipinski definition) is 2. The fraction of sp³-hybridized carbons (Fsp3) is 0.923. The molecule has 1 saturated carbocycles. The lowest BCUT2D eigenvalue weighted by molar-refractivity contribution is -0.144. The van der Waals surface area contributed by atoms with Gasteiger partial charge in [-0.05, 0) is 25.8 Å². The SMILES string of the molecule is CCNC1(C(=O)O)CCC(N2CCN(S(C)(=O)=O)CC2)C1. The fourth-order valence-corrected chi connectivity index (χ4v) is 4.33. The maximum Gasteiger partial charge on any atom is 0.323 e. The van der Waals surface area contributed by atoms with Crippen molar-refractivity contribution in [2.45, 2.75) is 37.8 Å². The lowest BCUT2D eigenvalue weighted by Gasteiger charge is -2.37. The van der Waals surface area contributed by atoms with E-state index in [9.17, 15) is 18.3 Å². The van der Waals surface area contributed by atoms with E-state index in [1.54, 1.807) is 0 Å². The van der Waals surface area contributed by atoms with E-state index in [4.69, 9.17) is 0 Å². The average molecular weight is 319 g/mol. The number of carboxylic acids is 1. The molecule has 8 heteroatoms. The summed E-state index contributed by atoms with van der Waals surface area (Å²) in [6.45, 7) is 4.91. The number of hydrogen-bond acceptors (Lipinski definition) is 5.